The summed E-state index contributed by atoms with van der Waals surface area (Å²) in [5.41, 5.74) is 2.98. The monoisotopic (exact) mass is 468 g/mol. The molecule has 1 saturated heterocycles. The van der Waals surface area contributed by atoms with E-state index >= 15 is 0 Å². The van der Waals surface area contributed by atoms with Crippen molar-refractivity contribution in [2.45, 2.75) is 13.0 Å². The molecule has 5 rings (SSSR count). The van der Waals surface area contributed by atoms with Crippen molar-refractivity contribution in [3.8, 4) is 28.6 Å². The van der Waals surface area contributed by atoms with Gasteiger partial charge in [-0.1, -0.05) is 47.6 Å². The summed E-state index contributed by atoms with van der Waals surface area (Å²) in [6, 6.07) is 24.3. The van der Waals surface area contributed by atoms with Crippen molar-refractivity contribution in [2.75, 3.05) is 19.0 Å². The van der Waals surface area contributed by atoms with Crippen LogP contribution in [0.3, 0.4) is 0 Å². The average molecular weight is 469 g/mol. The highest BCUT2D eigenvalue weighted by molar-refractivity contribution is 5.99. The Hall–Kier alpha value is -4.46. The van der Waals surface area contributed by atoms with Gasteiger partial charge in [-0.05, 0) is 42.0 Å². The highest BCUT2D eigenvalue weighted by atomic mass is 16.5. The molecule has 1 atom stereocenters. The number of nitrogens with zero attached hydrogens (tertiary/aromatic N) is 3. The van der Waals surface area contributed by atoms with Gasteiger partial charge in [-0.15, -0.1) is 0 Å². The van der Waals surface area contributed by atoms with E-state index in [2.05, 4.69) is 15.5 Å². The maximum Gasteiger partial charge on any atom is 0.260 e. The Morgan fingerprint density at radius 1 is 1.06 bits per heavy atom. The van der Waals surface area contributed by atoms with Crippen molar-refractivity contribution >= 4 is 17.5 Å². The topological polar surface area (TPSA) is 97.6 Å². The summed E-state index contributed by atoms with van der Waals surface area (Å²) in [6.45, 7) is 0.875. The zero-order valence-electron chi connectivity index (χ0n) is 19.2. The van der Waals surface area contributed by atoms with Gasteiger partial charge in [0.2, 0.25) is 17.6 Å². The number of benzene rings is 3. The van der Waals surface area contributed by atoms with E-state index < -0.39 is 5.92 Å². The first-order valence-electron chi connectivity index (χ1n) is 11.3. The fourth-order valence-corrected chi connectivity index (χ4v) is 4.11. The Balaban J connectivity index is 1.29. The first-order chi connectivity index (χ1) is 17.1. The summed E-state index contributed by atoms with van der Waals surface area (Å²) >= 11 is 0. The molecule has 0 unspecified atom stereocenters. The van der Waals surface area contributed by atoms with Crippen LogP contribution in [0.4, 0.5) is 5.69 Å². The van der Waals surface area contributed by atoms with Crippen LogP contribution >= 0.6 is 0 Å². The predicted octanol–water partition coefficient (Wildman–Crippen LogP) is 4.40. The Bertz CT molecular complexity index is 1330. The molecule has 1 fully saturated rings. The average Bonchev–Trinajstić information content (AvgIpc) is 3.52. The van der Waals surface area contributed by atoms with E-state index in [4.69, 9.17) is 9.26 Å². The molecular formula is C27H24N4O4. The number of hydrogen-bond acceptors (Lipinski definition) is 6. The van der Waals surface area contributed by atoms with E-state index in [1.807, 2.05) is 72.8 Å². The summed E-state index contributed by atoms with van der Waals surface area (Å²) in [5, 5.41) is 7.04. The lowest BCUT2D eigenvalue weighted by atomic mass is 10.1. The lowest BCUT2D eigenvalue weighted by molar-refractivity contribution is -0.128. The molecule has 0 saturated carbocycles. The number of amides is 2. The van der Waals surface area contributed by atoms with Gasteiger partial charge in [0.05, 0.1) is 24.3 Å². The van der Waals surface area contributed by atoms with Gasteiger partial charge in [-0.2, -0.15) is 4.98 Å². The molecule has 1 N–H and O–H groups in total. The largest absolute Gasteiger partial charge is 0.497 e. The molecule has 0 aliphatic carbocycles. The number of aromatic nitrogens is 2. The number of rotatable bonds is 7. The smallest absolute Gasteiger partial charge is 0.260 e. The molecule has 1 aromatic heterocycles. The molecule has 2 heterocycles. The van der Waals surface area contributed by atoms with Crippen LogP contribution in [0.15, 0.2) is 83.4 Å². The molecule has 8 heteroatoms. The number of carbonyl (C=O) groups excluding carboxylic acids is 2. The van der Waals surface area contributed by atoms with Crippen molar-refractivity contribution in [2.24, 2.45) is 5.92 Å². The number of para-hydroxylation sites is 1. The number of likely N-dealkylation sites (tertiary alicyclic amines) is 1. The Labute approximate surface area is 202 Å². The number of methoxy groups -OCH3 is 1. The molecule has 1 aliphatic heterocycles. The molecule has 0 spiro atoms. The van der Waals surface area contributed by atoms with Crippen LogP contribution in [0.2, 0.25) is 0 Å². The number of anilines is 1. The highest BCUT2D eigenvalue weighted by Gasteiger charge is 2.34. The third-order valence-corrected chi connectivity index (χ3v) is 5.99. The summed E-state index contributed by atoms with van der Waals surface area (Å²) in [7, 11) is 1.61. The van der Waals surface area contributed by atoms with Crippen molar-refractivity contribution < 1.29 is 18.8 Å². The Morgan fingerprint density at radius 3 is 2.57 bits per heavy atom. The lowest BCUT2D eigenvalue weighted by Crippen LogP contribution is -2.28. The quantitative estimate of drug-likeness (QED) is 0.432. The number of ether oxygens (including phenoxy) is 1. The Kier molecular flexibility index (Phi) is 6.26. The van der Waals surface area contributed by atoms with Gasteiger partial charge in [0.25, 0.3) is 5.89 Å². The predicted molar refractivity (Wildman–Crippen MR) is 130 cm³/mol. The summed E-state index contributed by atoms with van der Waals surface area (Å²) in [4.78, 5) is 31.8. The molecular weight excluding hydrogens is 444 g/mol. The van der Waals surface area contributed by atoms with Gasteiger partial charge in [-0.25, -0.2) is 0 Å². The zero-order chi connectivity index (χ0) is 24.2. The summed E-state index contributed by atoms with van der Waals surface area (Å²) in [6.07, 6.45) is 0.184. The summed E-state index contributed by atoms with van der Waals surface area (Å²) < 4.78 is 10.7. The fraction of sp³-hybridized carbons (Fsp3) is 0.185. The van der Waals surface area contributed by atoms with Crippen molar-refractivity contribution in [3.05, 3.63) is 84.4 Å². The fourth-order valence-electron chi connectivity index (χ4n) is 4.11. The minimum atomic E-state index is -0.434. The van der Waals surface area contributed by atoms with E-state index in [1.54, 1.807) is 18.1 Å². The number of carbonyl (C=O) groups is 2. The minimum absolute atomic E-state index is 0.0247. The van der Waals surface area contributed by atoms with E-state index in [9.17, 15) is 9.59 Å². The maximum absolute atomic E-state index is 13.1. The van der Waals surface area contributed by atoms with Crippen molar-refractivity contribution in [1.29, 1.82) is 0 Å². The molecule has 8 nitrogen and oxygen atoms in total. The van der Waals surface area contributed by atoms with Gasteiger partial charge in [0, 0.05) is 25.1 Å². The van der Waals surface area contributed by atoms with Gasteiger partial charge in [-0.3, -0.25) is 9.59 Å². The second kappa shape index (κ2) is 9.80. The minimum Gasteiger partial charge on any atom is -0.497 e. The van der Waals surface area contributed by atoms with Gasteiger partial charge < -0.3 is 19.5 Å². The van der Waals surface area contributed by atoms with E-state index in [-0.39, 0.29) is 18.2 Å². The second-order valence-corrected chi connectivity index (χ2v) is 8.35. The van der Waals surface area contributed by atoms with Crippen molar-refractivity contribution in [3.63, 3.8) is 0 Å². The molecule has 0 bridgehead atoms. The van der Waals surface area contributed by atoms with Crippen LogP contribution in [0.25, 0.3) is 22.8 Å². The summed E-state index contributed by atoms with van der Waals surface area (Å²) in [5.74, 6) is 0.788. The normalized spacial score (nSPS) is 15.3. The number of nitrogens with one attached hydrogen (secondary N) is 1. The van der Waals surface area contributed by atoms with Crippen LogP contribution in [-0.2, 0) is 16.1 Å². The molecule has 35 heavy (non-hydrogen) atoms. The van der Waals surface area contributed by atoms with E-state index in [0.717, 1.165) is 16.9 Å². The van der Waals surface area contributed by atoms with Crippen molar-refractivity contribution in [1.82, 2.24) is 15.0 Å². The second-order valence-electron chi connectivity index (χ2n) is 8.35. The van der Waals surface area contributed by atoms with Gasteiger partial charge in [0.1, 0.15) is 5.75 Å². The van der Waals surface area contributed by atoms with Crippen LogP contribution in [-0.4, -0.2) is 40.5 Å². The molecule has 2 amide bonds. The standard InChI is InChI=1S/C27H24N4O4/c1-34-21-13-11-19(12-14-21)25-29-27(35-30-25)22-9-5-6-10-23(22)28-26(33)20-15-24(32)31(17-20)16-18-7-3-2-4-8-18/h2-14,20H,15-17H2,1H3,(H,28,33)/t20-/m0/s1. The highest BCUT2D eigenvalue weighted by Crippen LogP contribution is 2.30. The third-order valence-electron chi connectivity index (χ3n) is 5.99. The van der Waals surface area contributed by atoms with Crippen LogP contribution in [0.5, 0.6) is 5.75 Å². The van der Waals surface area contributed by atoms with Crippen LogP contribution in [0.1, 0.15) is 12.0 Å². The van der Waals surface area contributed by atoms with Crippen LogP contribution in [0, 0.1) is 5.92 Å². The first-order valence-corrected chi connectivity index (χ1v) is 11.3. The first kappa shape index (κ1) is 22.3. The van der Waals surface area contributed by atoms with E-state index in [0.29, 0.717) is 36.1 Å². The molecule has 176 valence electrons. The molecule has 1 aliphatic rings. The molecule has 0 radical (unpaired) electrons. The zero-order valence-corrected chi connectivity index (χ0v) is 19.2. The number of hydrogen-bond donors (Lipinski definition) is 1. The van der Waals surface area contributed by atoms with Gasteiger partial charge in [0.15, 0.2) is 0 Å². The Morgan fingerprint density at radius 2 is 1.80 bits per heavy atom. The maximum atomic E-state index is 13.1. The third kappa shape index (κ3) is 4.91. The van der Waals surface area contributed by atoms with E-state index in [1.165, 1.54) is 0 Å². The SMILES string of the molecule is COc1ccc(-c2noc(-c3ccccc3NC(=O)[C@H]3CC(=O)N(Cc4ccccc4)C3)n2)cc1. The molecule has 4 aromatic rings. The van der Waals surface area contributed by atoms with Crippen LogP contribution < -0.4 is 10.1 Å². The molecule has 3 aromatic carbocycles. The lowest BCUT2D eigenvalue weighted by Gasteiger charge is -2.17. The van der Waals surface area contributed by atoms with Gasteiger partial charge >= 0.3 is 0 Å².